The van der Waals surface area contributed by atoms with Crippen LogP contribution in [-0.4, -0.2) is 35.4 Å². The lowest BCUT2D eigenvalue weighted by Crippen LogP contribution is -2.69. The van der Waals surface area contributed by atoms with Gasteiger partial charge in [-0.15, -0.1) is 5.53 Å². The van der Waals surface area contributed by atoms with Gasteiger partial charge in [-0.05, 0) is 17.7 Å². The van der Waals surface area contributed by atoms with E-state index in [1.54, 1.807) is 0 Å². The van der Waals surface area contributed by atoms with E-state index in [1.165, 1.54) is 31.4 Å². The van der Waals surface area contributed by atoms with Gasteiger partial charge in [0, 0.05) is 0 Å². The molecule has 1 amide bonds. The Morgan fingerprint density at radius 3 is 2.55 bits per heavy atom. The Hall–Kier alpha value is -2.23. The Kier molecular flexibility index (Phi) is 4.13. The number of aliphatic carboxylic acids is 1. The zero-order valence-corrected chi connectivity index (χ0v) is 10.5. The maximum atomic E-state index is 12.9. The minimum absolute atomic E-state index is 0.438. The van der Waals surface area contributed by atoms with Gasteiger partial charge in [0.15, 0.2) is 0 Å². The molecule has 8 nitrogen and oxygen atoms in total. The lowest BCUT2D eigenvalue weighted by molar-refractivity contribution is -0.144. The van der Waals surface area contributed by atoms with E-state index in [4.69, 9.17) is 5.11 Å². The molecule has 1 saturated heterocycles. The average molecular weight is 284 g/mol. The van der Waals surface area contributed by atoms with Gasteiger partial charge in [-0.1, -0.05) is 12.1 Å². The summed E-state index contributed by atoms with van der Waals surface area (Å²) in [6.07, 6.45) is -0.756. The molecule has 20 heavy (non-hydrogen) atoms. The fraction of sp³-hybridized carbons (Fsp3) is 0.273. The van der Waals surface area contributed by atoms with E-state index >= 15 is 0 Å². The number of methoxy groups -OCH3 is 1. The molecule has 1 aliphatic rings. The number of halogens is 1. The van der Waals surface area contributed by atoms with Gasteiger partial charge >= 0.3 is 12.1 Å². The molecule has 0 bridgehead atoms. The third-order valence-electron chi connectivity index (χ3n) is 2.79. The van der Waals surface area contributed by atoms with Crippen LogP contribution in [0.25, 0.3) is 0 Å². The highest BCUT2D eigenvalue weighted by molar-refractivity contribution is 5.75. The van der Waals surface area contributed by atoms with Crippen LogP contribution < -0.4 is 16.4 Å². The number of hydrogen-bond donors (Lipinski definition) is 4. The highest BCUT2D eigenvalue weighted by Gasteiger charge is 2.36. The number of amides is 1. The van der Waals surface area contributed by atoms with Crippen molar-refractivity contribution in [1.29, 1.82) is 0 Å². The van der Waals surface area contributed by atoms with Crippen molar-refractivity contribution in [2.24, 2.45) is 0 Å². The van der Waals surface area contributed by atoms with Gasteiger partial charge in [-0.3, -0.25) is 4.79 Å². The lowest BCUT2D eigenvalue weighted by atomic mass is 10.00. The molecule has 1 aromatic carbocycles. The number of nitrogens with one attached hydrogen (secondary N) is 3. The predicted octanol–water partition coefficient (Wildman–Crippen LogP) is -0.0842. The number of carboxylic acid groups (broad SMARTS) is 1. The lowest BCUT2D eigenvalue weighted by Gasteiger charge is -2.37. The van der Waals surface area contributed by atoms with Crippen molar-refractivity contribution >= 4 is 12.1 Å². The fourth-order valence-electron chi connectivity index (χ4n) is 1.79. The van der Waals surface area contributed by atoms with Crippen molar-refractivity contribution in [3.8, 4) is 0 Å². The topological polar surface area (TPSA) is 103 Å². The second-order valence-corrected chi connectivity index (χ2v) is 4.04. The Labute approximate surface area is 113 Å². The van der Waals surface area contributed by atoms with Crippen LogP contribution in [0.3, 0.4) is 0 Å². The molecule has 108 valence electrons. The van der Waals surface area contributed by atoms with Crippen LogP contribution >= 0.6 is 0 Å². The summed E-state index contributed by atoms with van der Waals surface area (Å²) >= 11 is 0. The van der Waals surface area contributed by atoms with Gasteiger partial charge in [0.2, 0.25) is 0 Å². The molecule has 1 aromatic rings. The first-order valence-corrected chi connectivity index (χ1v) is 5.66. The summed E-state index contributed by atoms with van der Waals surface area (Å²) in [6.45, 7) is 0. The molecule has 0 saturated carbocycles. The standard InChI is InChI=1S/C11H13FN4O4/c1-20-11(19)16-14-8(9(10(17)18)13-15-16)6-2-4-7(12)5-3-6/h2-5,8-9,13-15H,1H3,(H,17,18). The number of carbonyl (C=O) groups excluding carboxylic acids is 1. The van der Waals surface area contributed by atoms with E-state index < -0.39 is 30.0 Å². The predicted molar refractivity (Wildman–Crippen MR) is 64.2 cm³/mol. The molecule has 4 N–H and O–H groups in total. The minimum atomic E-state index is -1.14. The van der Waals surface area contributed by atoms with E-state index in [2.05, 4.69) is 21.1 Å². The molecule has 1 heterocycles. The maximum absolute atomic E-state index is 12.9. The van der Waals surface area contributed by atoms with Crippen molar-refractivity contribution in [3.63, 3.8) is 0 Å². The summed E-state index contributed by atoms with van der Waals surface area (Å²) in [5.74, 6) is -1.57. The first-order chi connectivity index (χ1) is 9.52. The molecule has 0 radical (unpaired) electrons. The van der Waals surface area contributed by atoms with Gasteiger partial charge in [0.1, 0.15) is 11.9 Å². The van der Waals surface area contributed by atoms with Crippen LogP contribution in [0.15, 0.2) is 24.3 Å². The quantitative estimate of drug-likeness (QED) is 0.602. The number of rotatable bonds is 2. The number of hydrogen-bond acceptors (Lipinski definition) is 6. The highest BCUT2D eigenvalue weighted by atomic mass is 19.1. The molecule has 2 unspecified atom stereocenters. The first kappa shape index (κ1) is 14.2. The van der Waals surface area contributed by atoms with Gasteiger partial charge in [-0.2, -0.15) is 5.12 Å². The monoisotopic (exact) mass is 284 g/mol. The van der Waals surface area contributed by atoms with E-state index in [1.807, 2.05) is 0 Å². The van der Waals surface area contributed by atoms with Crippen molar-refractivity contribution in [2.45, 2.75) is 12.1 Å². The smallest absolute Gasteiger partial charge is 0.440 e. The first-order valence-electron chi connectivity index (χ1n) is 5.66. The molecule has 1 aliphatic heterocycles. The average Bonchev–Trinajstić information content (AvgIpc) is 2.46. The van der Waals surface area contributed by atoms with Gasteiger partial charge in [0.25, 0.3) is 0 Å². The van der Waals surface area contributed by atoms with Crippen LogP contribution in [0.5, 0.6) is 0 Å². The van der Waals surface area contributed by atoms with Crippen molar-refractivity contribution in [1.82, 2.24) is 21.5 Å². The number of hydrazine groups is 3. The number of carboxylic acids is 1. The summed E-state index contributed by atoms with van der Waals surface area (Å²) in [5, 5.41) is 10.0. The summed E-state index contributed by atoms with van der Waals surface area (Å²) in [6, 6.07) is 3.45. The Morgan fingerprint density at radius 2 is 2.00 bits per heavy atom. The normalized spacial score (nSPS) is 22.4. The second-order valence-electron chi connectivity index (χ2n) is 4.04. The van der Waals surface area contributed by atoms with Crippen LogP contribution in [0.2, 0.25) is 0 Å². The summed E-state index contributed by atoms with van der Waals surface area (Å²) < 4.78 is 17.4. The molecule has 9 heteroatoms. The highest BCUT2D eigenvalue weighted by Crippen LogP contribution is 2.20. The van der Waals surface area contributed by atoms with Crippen LogP contribution in [0.1, 0.15) is 11.6 Å². The zero-order chi connectivity index (χ0) is 14.7. The molecule has 0 spiro atoms. The van der Waals surface area contributed by atoms with Gasteiger partial charge in [0.05, 0.1) is 13.2 Å². The van der Waals surface area contributed by atoms with Crippen molar-refractivity contribution in [2.75, 3.05) is 7.11 Å². The summed E-state index contributed by atoms with van der Waals surface area (Å²) in [7, 11) is 1.18. The Bertz CT molecular complexity index is 510. The summed E-state index contributed by atoms with van der Waals surface area (Å²) in [4.78, 5) is 22.6. The Balaban J connectivity index is 2.25. The fourth-order valence-corrected chi connectivity index (χ4v) is 1.79. The van der Waals surface area contributed by atoms with E-state index in [0.717, 1.165) is 5.12 Å². The number of nitrogens with zero attached hydrogens (tertiary/aromatic N) is 1. The zero-order valence-electron chi connectivity index (χ0n) is 10.5. The second kappa shape index (κ2) is 5.82. The van der Waals surface area contributed by atoms with Crippen LogP contribution in [0, 0.1) is 5.82 Å². The molecule has 0 aromatic heterocycles. The number of carbonyl (C=O) groups is 2. The maximum Gasteiger partial charge on any atom is 0.440 e. The van der Waals surface area contributed by atoms with Crippen LogP contribution in [-0.2, 0) is 9.53 Å². The number of ether oxygens (including phenoxy) is 1. The number of benzene rings is 1. The summed E-state index contributed by atoms with van der Waals surface area (Å²) in [5.41, 5.74) is 7.98. The molecule has 2 rings (SSSR count). The SMILES string of the molecule is COC(=O)N1NNC(C(=O)O)C(c2ccc(F)cc2)N1. The third-order valence-corrected chi connectivity index (χ3v) is 2.79. The largest absolute Gasteiger partial charge is 0.480 e. The minimum Gasteiger partial charge on any atom is -0.480 e. The van der Waals surface area contributed by atoms with Crippen molar-refractivity contribution < 1.29 is 23.8 Å². The van der Waals surface area contributed by atoms with E-state index in [0.29, 0.717) is 5.56 Å². The van der Waals surface area contributed by atoms with Gasteiger partial charge in [-0.25, -0.2) is 20.0 Å². The molecular formula is C11H13FN4O4. The molecular weight excluding hydrogens is 271 g/mol. The van der Waals surface area contributed by atoms with Crippen LogP contribution in [0.4, 0.5) is 9.18 Å². The van der Waals surface area contributed by atoms with Crippen molar-refractivity contribution in [3.05, 3.63) is 35.6 Å². The Morgan fingerprint density at radius 1 is 1.35 bits per heavy atom. The third kappa shape index (κ3) is 2.85. The molecule has 1 fully saturated rings. The van der Waals surface area contributed by atoms with E-state index in [9.17, 15) is 14.0 Å². The van der Waals surface area contributed by atoms with E-state index in [-0.39, 0.29) is 0 Å². The molecule has 2 atom stereocenters. The molecule has 0 aliphatic carbocycles. The van der Waals surface area contributed by atoms with Gasteiger partial charge < -0.3 is 9.84 Å².